The zero-order chi connectivity index (χ0) is 31.6. The quantitative estimate of drug-likeness (QED) is 0.136. The summed E-state index contributed by atoms with van der Waals surface area (Å²) >= 11 is 12.8. The number of hydrogen-bond acceptors (Lipinski definition) is 7. The highest BCUT2D eigenvalue weighted by molar-refractivity contribution is 6.32. The van der Waals surface area contributed by atoms with Crippen LogP contribution < -0.4 is 16.4 Å². The largest absolute Gasteiger partial charge is 0.465 e. The number of amides is 2. The van der Waals surface area contributed by atoms with E-state index in [2.05, 4.69) is 20.4 Å². The van der Waals surface area contributed by atoms with Crippen molar-refractivity contribution >= 4 is 46.9 Å². The number of methoxy groups -OCH3 is 1. The number of aryl methyl sites for hydroxylation is 1. The van der Waals surface area contributed by atoms with Gasteiger partial charge in [-0.15, -0.1) is 0 Å². The molecule has 2 amide bonds. The van der Waals surface area contributed by atoms with E-state index in [1.165, 1.54) is 7.11 Å². The number of hydrogen-bond donors (Lipinski definition) is 4. The Kier molecular flexibility index (Phi) is 11.4. The maximum atomic E-state index is 13.3. The number of anilines is 1. The van der Waals surface area contributed by atoms with Crippen LogP contribution in [0.4, 0.5) is 10.5 Å². The molecule has 1 unspecified atom stereocenters. The molecule has 0 radical (unpaired) electrons. The van der Waals surface area contributed by atoms with Crippen molar-refractivity contribution in [3.63, 3.8) is 0 Å². The number of carbonyl (C=O) groups excluding carboxylic acids is 3. The summed E-state index contributed by atoms with van der Waals surface area (Å²) in [5, 5.41) is 6.45. The summed E-state index contributed by atoms with van der Waals surface area (Å²) in [6.45, 7) is 1.91. The molecule has 0 spiro atoms. The lowest BCUT2D eigenvalue weighted by Gasteiger charge is -2.18. The van der Waals surface area contributed by atoms with Crippen molar-refractivity contribution in [2.75, 3.05) is 19.0 Å². The summed E-state index contributed by atoms with van der Waals surface area (Å²) in [6, 6.07) is 20.2. The first kappa shape index (κ1) is 32.5. The summed E-state index contributed by atoms with van der Waals surface area (Å²) in [4.78, 5) is 45.0. The lowest BCUT2D eigenvalue weighted by molar-refractivity contribution is -0.144. The summed E-state index contributed by atoms with van der Waals surface area (Å²) in [5.74, 6) is -0.316. The maximum absolute atomic E-state index is 13.3. The summed E-state index contributed by atoms with van der Waals surface area (Å²) in [5.41, 5.74) is 10.1. The van der Waals surface area contributed by atoms with E-state index in [4.69, 9.17) is 38.7 Å². The Morgan fingerprint density at radius 2 is 1.75 bits per heavy atom. The van der Waals surface area contributed by atoms with Crippen molar-refractivity contribution in [1.82, 2.24) is 15.3 Å². The topological polar surface area (TPSA) is 148 Å². The Morgan fingerprint density at radius 1 is 1.02 bits per heavy atom. The molecule has 0 aliphatic carbocycles. The second kappa shape index (κ2) is 15.4. The van der Waals surface area contributed by atoms with Crippen LogP contribution in [-0.2, 0) is 31.9 Å². The molecule has 0 fully saturated rings. The van der Waals surface area contributed by atoms with Gasteiger partial charge >= 0.3 is 12.1 Å². The number of nitrogens with zero attached hydrogens (tertiary/aromatic N) is 1. The van der Waals surface area contributed by atoms with E-state index in [0.29, 0.717) is 56.9 Å². The molecule has 44 heavy (non-hydrogen) atoms. The second-order valence-electron chi connectivity index (χ2n) is 9.86. The van der Waals surface area contributed by atoms with Crippen LogP contribution in [0.1, 0.15) is 47.9 Å². The van der Waals surface area contributed by atoms with Crippen LogP contribution in [0.3, 0.4) is 0 Å². The normalized spacial score (nSPS) is 12.2. The zero-order valence-corrected chi connectivity index (χ0v) is 25.7. The summed E-state index contributed by atoms with van der Waals surface area (Å²) in [7, 11) is 1.29. The van der Waals surface area contributed by atoms with Crippen molar-refractivity contribution < 1.29 is 23.9 Å². The van der Waals surface area contributed by atoms with Gasteiger partial charge in [0.2, 0.25) is 5.91 Å². The van der Waals surface area contributed by atoms with Crippen molar-refractivity contribution in [3.8, 4) is 11.3 Å². The molecule has 10 nitrogen and oxygen atoms in total. The average Bonchev–Trinajstić information content (AvgIpc) is 3.41. The minimum Gasteiger partial charge on any atom is -0.465 e. The van der Waals surface area contributed by atoms with E-state index in [0.717, 1.165) is 5.56 Å². The molecule has 0 bridgehead atoms. The molecule has 1 heterocycles. The third kappa shape index (κ3) is 8.59. The fourth-order valence-electron chi connectivity index (χ4n) is 4.64. The van der Waals surface area contributed by atoms with Crippen LogP contribution >= 0.6 is 23.2 Å². The Bertz CT molecular complexity index is 1590. The first-order chi connectivity index (χ1) is 21.2. The molecule has 5 N–H and O–H groups in total. The van der Waals surface area contributed by atoms with Gasteiger partial charge in [0.1, 0.15) is 22.7 Å². The molecule has 0 saturated carbocycles. The molecule has 230 valence electrons. The molecule has 2 atom stereocenters. The van der Waals surface area contributed by atoms with E-state index in [9.17, 15) is 14.4 Å². The fourth-order valence-corrected chi connectivity index (χ4v) is 5.08. The Hall–Kier alpha value is -4.38. The van der Waals surface area contributed by atoms with E-state index < -0.39 is 24.1 Å². The minimum atomic E-state index is -0.995. The number of nitrogens with two attached hydrogens (primary N) is 1. The lowest BCUT2D eigenvalue weighted by Crippen LogP contribution is -2.31. The van der Waals surface area contributed by atoms with Gasteiger partial charge < -0.3 is 25.5 Å². The number of ether oxygens (including phenoxy) is 2. The smallest absolute Gasteiger partial charge is 0.411 e. The molecule has 4 rings (SSSR count). The highest BCUT2D eigenvalue weighted by Crippen LogP contribution is 2.30. The van der Waals surface area contributed by atoms with E-state index in [1.54, 1.807) is 49.4 Å². The number of aromatic amines is 1. The molecule has 1 aromatic heterocycles. The third-order valence-electron chi connectivity index (χ3n) is 6.82. The highest BCUT2D eigenvalue weighted by atomic mass is 35.5. The molecule has 4 aromatic rings. The van der Waals surface area contributed by atoms with Crippen LogP contribution in [0, 0.1) is 0 Å². The van der Waals surface area contributed by atoms with Crippen LogP contribution in [0.2, 0.25) is 10.2 Å². The number of nitrogens with one attached hydrogen (secondary N) is 3. The average molecular weight is 639 g/mol. The van der Waals surface area contributed by atoms with Crippen LogP contribution in [0.5, 0.6) is 0 Å². The van der Waals surface area contributed by atoms with Crippen molar-refractivity contribution in [2.24, 2.45) is 5.73 Å². The fraction of sp³-hybridized carbons (Fsp3) is 0.250. The second-order valence-corrected chi connectivity index (χ2v) is 10.7. The van der Waals surface area contributed by atoms with Gasteiger partial charge in [0.15, 0.2) is 0 Å². The monoisotopic (exact) mass is 637 g/mol. The Labute approximate surface area is 265 Å². The highest BCUT2D eigenvalue weighted by Gasteiger charge is 2.24. The summed E-state index contributed by atoms with van der Waals surface area (Å²) < 4.78 is 9.70. The van der Waals surface area contributed by atoms with Gasteiger partial charge in [0, 0.05) is 22.7 Å². The van der Waals surface area contributed by atoms with Gasteiger partial charge in [0.25, 0.3) is 0 Å². The van der Waals surface area contributed by atoms with Gasteiger partial charge in [-0.2, -0.15) is 0 Å². The predicted molar refractivity (Wildman–Crippen MR) is 169 cm³/mol. The number of benzene rings is 3. The Morgan fingerprint density at radius 3 is 2.43 bits per heavy atom. The number of esters is 1. The van der Waals surface area contributed by atoms with E-state index in [-0.39, 0.29) is 18.9 Å². The van der Waals surface area contributed by atoms with E-state index in [1.807, 2.05) is 30.3 Å². The van der Waals surface area contributed by atoms with Crippen molar-refractivity contribution in [1.29, 1.82) is 0 Å². The molecule has 0 saturated heterocycles. The molecule has 3 aromatic carbocycles. The third-order valence-corrected chi connectivity index (χ3v) is 7.33. The molecular formula is C32H33Cl2N5O5. The molecule has 0 aliphatic heterocycles. The zero-order valence-electron chi connectivity index (χ0n) is 24.2. The predicted octanol–water partition coefficient (Wildman–Crippen LogP) is 6.16. The first-order valence-corrected chi connectivity index (χ1v) is 14.7. The first-order valence-electron chi connectivity index (χ1n) is 13.9. The van der Waals surface area contributed by atoms with Gasteiger partial charge in [-0.25, -0.2) is 14.6 Å². The maximum Gasteiger partial charge on any atom is 0.411 e. The van der Waals surface area contributed by atoms with Gasteiger partial charge in [-0.05, 0) is 60.7 Å². The number of aromatic nitrogens is 2. The van der Waals surface area contributed by atoms with Gasteiger partial charge in [-0.1, -0.05) is 71.7 Å². The number of carbonyl (C=O) groups is 3. The van der Waals surface area contributed by atoms with Crippen LogP contribution in [-0.4, -0.2) is 41.7 Å². The lowest BCUT2D eigenvalue weighted by atomic mass is 9.97. The molecule has 0 aliphatic rings. The Balaban J connectivity index is 1.53. The molecule has 12 heteroatoms. The van der Waals surface area contributed by atoms with Gasteiger partial charge in [0.05, 0.1) is 19.8 Å². The van der Waals surface area contributed by atoms with Gasteiger partial charge in [-0.3, -0.25) is 10.1 Å². The van der Waals surface area contributed by atoms with E-state index >= 15 is 0 Å². The number of halogens is 2. The summed E-state index contributed by atoms with van der Waals surface area (Å²) in [6.07, 6.45) is 0.270. The number of imidazole rings is 1. The standard InChI is InChI=1S/C32H33Cl2N5O5/c1-3-44-31(41)27(35)24-15-12-22(33)18-21(24)11-16-26(40)37-25(17-19-7-5-4-6-8-19)30-38-28(29(34)39-30)20-9-13-23(14-10-20)36-32(42)43-2/h4-10,12-15,18,25,27H,3,11,16-17,35H2,1-2H3,(H,36,42)(H,37,40)(H,38,39)/t25-,27?/m0/s1. The number of H-pyrrole nitrogens is 1. The van der Waals surface area contributed by atoms with Crippen molar-refractivity contribution in [3.05, 3.63) is 105 Å². The SMILES string of the molecule is CCOC(=O)C(N)c1ccc(Cl)cc1CCC(=O)N[C@@H](Cc1ccccc1)c1nc(-c2ccc(NC(=O)OC)cc2)c(Cl)[nH]1. The van der Waals surface area contributed by atoms with Crippen LogP contribution in [0.15, 0.2) is 72.8 Å². The molecular weight excluding hydrogens is 605 g/mol. The van der Waals surface area contributed by atoms with Crippen molar-refractivity contribution in [2.45, 2.75) is 38.3 Å². The number of rotatable bonds is 12. The minimum absolute atomic E-state index is 0.101. The van der Waals surface area contributed by atoms with Crippen LogP contribution in [0.25, 0.3) is 11.3 Å².